The number of rotatable bonds is 3. The minimum absolute atomic E-state index is 0.185. The number of hydrogen-bond donors (Lipinski definition) is 1. The first kappa shape index (κ1) is 12.6. The van der Waals surface area contributed by atoms with E-state index in [0.29, 0.717) is 12.1 Å². The van der Waals surface area contributed by atoms with Gasteiger partial charge in [0.25, 0.3) is 0 Å². The van der Waals surface area contributed by atoms with E-state index in [0.717, 1.165) is 22.3 Å². The summed E-state index contributed by atoms with van der Waals surface area (Å²) < 4.78 is 13.6. The van der Waals surface area contributed by atoms with E-state index in [2.05, 4.69) is 10.3 Å². The zero-order chi connectivity index (χ0) is 13.9. The van der Waals surface area contributed by atoms with Gasteiger partial charge in [-0.1, -0.05) is 36.4 Å². The number of aromatic nitrogens is 1. The van der Waals surface area contributed by atoms with Gasteiger partial charge < -0.3 is 5.32 Å². The molecule has 3 aromatic rings. The lowest BCUT2D eigenvalue weighted by Crippen LogP contribution is -2.03. The first-order valence-electron chi connectivity index (χ1n) is 6.58. The molecule has 0 radical (unpaired) electrons. The Morgan fingerprint density at radius 3 is 2.65 bits per heavy atom. The van der Waals surface area contributed by atoms with Gasteiger partial charge in [0.05, 0.1) is 5.52 Å². The molecule has 0 bridgehead atoms. The predicted octanol–water partition coefficient (Wildman–Crippen LogP) is 4.29. The third kappa shape index (κ3) is 2.48. The van der Waals surface area contributed by atoms with Crippen LogP contribution in [0.4, 0.5) is 10.1 Å². The van der Waals surface area contributed by atoms with Crippen LogP contribution in [0, 0.1) is 12.7 Å². The Morgan fingerprint density at radius 2 is 1.80 bits per heavy atom. The molecule has 0 saturated heterocycles. The van der Waals surface area contributed by atoms with Crippen LogP contribution in [0.5, 0.6) is 0 Å². The van der Waals surface area contributed by atoms with Crippen LogP contribution in [0.25, 0.3) is 10.9 Å². The number of pyridine rings is 1. The standard InChI is InChI=1S/C17H15FN2/c1-12-10-17(14-7-3-5-9-16(14)20-12)19-11-13-6-2-4-8-15(13)18/h2-10H,11H2,1H3,(H,19,20). The molecule has 0 fully saturated rings. The van der Waals surface area contributed by atoms with Crippen molar-refractivity contribution >= 4 is 16.6 Å². The van der Waals surface area contributed by atoms with Crippen molar-refractivity contribution in [1.82, 2.24) is 4.98 Å². The topological polar surface area (TPSA) is 24.9 Å². The average Bonchev–Trinajstić information content (AvgIpc) is 2.46. The van der Waals surface area contributed by atoms with Crippen molar-refractivity contribution in [1.29, 1.82) is 0 Å². The van der Waals surface area contributed by atoms with Gasteiger partial charge in [-0.15, -0.1) is 0 Å². The highest BCUT2D eigenvalue weighted by Gasteiger charge is 2.05. The third-order valence-corrected chi connectivity index (χ3v) is 3.27. The van der Waals surface area contributed by atoms with Crippen LogP contribution in [0.2, 0.25) is 0 Å². The normalized spacial score (nSPS) is 10.7. The Hall–Kier alpha value is -2.42. The third-order valence-electron chi connectivity index (χ3n) is 3.27. The molecule has 0 aliphatic rings. The van der Waals surface area contributed by atoms with Gasteiger partial charge in [-0.05, 0) is 25.1 Å². The molecule has 3 heteroatoms. The van der Waals surface area contributed by atoms with Crippen molar-refractivity contribution in [2.24, 2.45) is 0 Å². The van der Waals surface area contributed by atoms with Crippen LogP contribution in [-0.4, -0.2) is 4.98 Å². The summed E-state index contributed by atoms with van der Waals surface area (Å²) in [6.45, 7) is 2.42. The molecule has 2 aromatic carbocycles. The summed E-state index contributed by atoms with van der Waals surface area (Å²) in [4.78, 5) is 4.49. The highest BCUT2D eigenvalue weighted by Crippen LogP contribution is 2.23. The van der Waals surface area contributed by atoms with Crippen LogP contribution in [0.15, 0.2) is 54.6 Å². The van der Waals surface area contributed by atoms with Gasteiger partial charge in [0.15, 0.2) is 0 Å². The summed E-state index contributed by atoms with van der Waals surface area (Å²) in [7, 11) is 0. The van der Waals surface area contributed by atoms with Crippen molar-refractivity contribution in [3.8, 4) is 0 Å². The SMILES string of the molecule is Cc1cc(NCc2ccccc2F)c2ccccc2n1. The van der Waals surface area contributed by atoms with Gasteiger partial charge in [-0.25, -0.2) is 4.39 Å². The number of halogens is 1. The number of fused-ring (bicyclic) bond motifs is 1. The molecule has 0 saturated carbocycles. The van der Waals surface area contributed by atoms with Gasteiger partial charge in [0, 0.05) is 28.9 Å². The molecule has 100 valence electrons. The minimum Gasteiger partial charge on any atom is -0.380 e. The van der Waals surface area contributed by atoms with E-state index in [-0.39, 0.29) is 5.82 Å². The monoisotopic (exact) mass is 266 g/mol. The summed E-state index contributed by atoms with van der Waals surface area (Å²) in [5.74, 6) is -0.185. The van der Waals surface area contributed by atoms with Gasteiger partial charge in [0.2, 0.25) is 0 Å². The van der Waals surface area contributed by atoms with E-state index in [1.54, 1.807) is 12.1 Å². The maximum atomic E-state index is 13.6. The molecule has 20 heavy (non-hydrogen) atoms. The Bertz CT molecular complexity index is 753. The Balaban J connectivity index is 1.93. The number of anilines is 1. The quantitative estimate of drug-likeness (QED) is 0.764. The average molecular weight is 266 g/mol. The van der Waals surface area contributed by atoms with Crippen molar-refractivity contribution in [2.45, 2.75) is 13.5 Å². The van der Waals surface area contributed by atoms with Crippen molar-refractivity contribution in [3.05, 3.63) is 71.7 Å². The lowest BCUT2D eigenvalue weighted by atomic mass is 10.1. The Morgan fingerprint density at radius 1 is 1.05 bits per heavy atom. The molecule has 0 aliphatic carbocycles. The van der Waals surface area contributed by atoms with Crippen molar-refractivity contribution < 1.29 is 4.39 Å². The first-order valence-corrected chi connectivity index (χ1v) is 6.58. The summed E-state index contributed by atoms with van der Waals surface area (Å²) >= 11 is 0. The van der Waals surface area contributed by atoms with Crippen LogP contribution < -0.4 is 5.32 Å². The van der Waals surface area contributed by atoms with Gasteiger partial charge >= 0.3 is 0 Å². The number of nitrogens with one attached hydrogen (secondary N) is 1. The zero-order valence-corrected chi connectivity index (χ0v) is 11.2. The Kier molecular flexibility index (Phi) is 3.33. The lowest BCUT2D eigenvalue weighted by molar-refractivity contribution is 0.613. The van der Waals surface area contributed by atoms with Crippen molar-refractivity contribution in [3.63, 3.8) is 0 Å². The lowest BCUT2D eigenvalue weighted by Gasteiger charge is -2.11. The van der Waals surface area contributed by atoms with Gasteiger partial charge in [-0.3, -0.25) is 4.98 Å². The van der Waals surface area contributed by atoms with Gasteiger partial charge in [-0.2, -0.15) is 0 Å². The fourth-order valence-corrected chi connectivity index (χ4v) is 2.29. The number of hydrogen-bond acceptors (Lipinski definition) is 2. The number of benzene rings is 2. The minimum atomic E-state index is -0.185. The van der Waals surface area contributed by atoms with E-state index < -0.39 is 0 Å². The molecule has 0 aliphatic heterocycles. The molecule has 3 rings (SSSR count). The summed E-state index contributed by atoms with van der Waals surface area (Å²) in [6.07, 6.45) is 0. The van der Waals surface area contributed by atoms with Crippen LogP contribution in [0.1, 0.15) is 11.3 Å². The van der Waals surface area contributed by atoms with Gasteiger partial charge in [0.1, 0.15) is 5.82 Å². The molecule has 1 aromatic heterocycles. The maximum Gasteiger partial charge on any atom is 0.128 e. The molecule has 0 unspecified atom stereocenters. The van der Waals surface area contributed by atoms with E-state index in [9.17, 15) is 4.39 Å². The smallest absolute Gasteiger partial charge is 0.128 e. The fraction of sp³-hybridized carbons (Fsp3) is 0.118. The molecule has 0 atom stereocenters. The second-order valence-corrected chi connectivity index (χ2v) is 4.77. The number of nitrogens with zero attached hydrogens (tertiary/aromatic N) is 1. The summed E-state index contributed by atoms with van der Waals surface area (Å²) in [5, 5.41) is 4.36. The summed E-state index contributed by atoms with van der Waals surface area (Å²) in [5.41, 5.74) is 3.53. The number of para-hydroxylation sites is 1. The van der Waals surface area contributed by atoms with Crippen LogP contribution in [-0.2, 0) is 6.54 Å². The molecular weight excluding hydrogens is 251 g/mol. The highest BCUT2D eigenvalue weighted by molar-refractivity contribution is 5.91. The Labute approximate surface area is 117 Å². The largest absolute Gasteiger partial charge is 0.380 e. The fourth-order valence-electron chi connectivity index (χ4n) is 2.29. The second-order valence-electron chi connectivity index (χ2n) is 4.77. The van der Waals surface area contributed by atoms with Crippen LogP contribution >= 0.6 is 0 Å². The first-order chi connectivity index (χ1) is 9.74. The summed E-state index contributed by atoms with van der Waals surface area (Å²) in [6, 6.07) is 16.8. The van der Waals surface area contributed by atoms with Crippen LogP contribution in [0.3, 0.4) is 0 Å². The van der Waals surface area contributed by atoms with E-state index in [1.165, 1.54) is 6.07 Å². The zero-order valence-electron chi connectivity index (χ0n) is 11.2. The second kappa shape index (κ2) is 5.29. The molecule has 0 amide bonds. The van der Waals surface area contributed by atoms with E-state index in [1.807, 2.05) is 43.3 Å². The molecular formula is C17H15FN2. The maximum absolute atomic E-state index is 13.6. The van der Waals surface area contributed by atoms with E-state index in [4.69, 9.17) is 0 Å². The van der Waals surface area contributed by atoms with Crippen molar-refractivity contribution in [2.75, 3.05) is 5.32 Å². The molecule has 0 spiro atoms. The molecule has 2 nitrogen and oxygen atoms in total. The van der Waals surface area contributed by atoms with E-state index >= 15 is 0 Å². The molecule has 1 heterocycles. The highest BCUT2D eigenvalue weighted by atomic mass is 19.1. The molecule has 1 N–H and O–H groups in total. The predicted molar refractivity (Wildman–Crippen MR) is 80.2 cm³/mol. The number of aryl methyl sites for hydroxylation is 1.